The van der Waals surface area contributed by atoms with Crippen LogP contribution < -0.4 is 9.64 Å². The zero-order valence-electron chi connectivity index (χ0n) is 16.6. The van der Waals surface area contributed by atoms with Gasteiger partial charge in [0, 0.05) is 51.7 Å². The average molecular weight is 397 g/mol. The van der Waals surface area contributed by atoms with Gasteiger partial charge in [-0.15, -0.1) is 0 Å². The van der Waals surface area contributed by atoms with Gasteiger partial charge >= 0.3 is 0 Å². The molecule has 29 heavy (non-hydrogen) atoms. The Hall–Kier alpha value is -3.43. The van der Waals surface area contributed by atoms with E-state index >= 15 is 0 Å². The normalized spacial score (nSPS) is 16.2. The second-order valence-electron chi connectivity index (χ2n) is 7.25. The summed E-state index contributed by atoms with van der Waals surface area (Å²) in [6, 6.07) is 1.67. The maximum absolute atomic E-state index is 12.8. The molecule has 10 nitrogen and oxygen atoms in total. The van der Waals surface area contributed by atoms with Gasteiger partial charge in [0.2, 0.25) is 0 Å². The van der Waals surface area contributed by atoms with Gasteiger partial charge in [-0.1, -0.05) is 5.16 Å². The minimum atomic E-state index is -0.172. The molecule has 0 saturated carbocycles. The third-order valence-corrected chi connectivity index (χ3v) is 4.64. The molecule has 1 aliphatic heterocycles. The molecule has 152 valence electrons. The number of anilines is 1. The Labute approximate surface area is 168 Å². The number of hydrogen-bond donors (Lipinski definition) is 0. The molecule has 0 aromatic carbocycles. The molecule has 4 rings (SSSR count). The van der Waals surface area contributed by atoms with Crippen LogP contribution in [0.1, 0.15) is 28.2 Å². The average Bonchev–Trinajstić information content (AvgIpc) is 3.44. The van der Waals surface area contributed by atoms with Crippen molar-refractivity contribution in [2.24, 2.45) is 0 Å². The van der Waals surface area contributed by atoms with Crippen LogP contribution in [0.15, 0.2) is 35.4 Å². The molecule has 0 aliphatic carbocycles. The molecule has 0 bridgehead atoms. The molecule has 1 aliphatic rings. The number of rotatable bonds is 6. The third-order valence-electron chi connectivity index (χ3n) is 4.64. The smallest absolute Gasteiger partial charge is 0.276 e. The standard InChI is InChI=1S/C19H23N7O3/c1-13-9-22-26(10-13)12-15-8-16(23-29-15)19(27)25-7-4-14(11-25)28-18-17(24(2)3)20-5-6-21-18/h5-6,8-10,14H,4,7,11-12H2,1-3H3. The fraction of sp³-hybridized carbons (Fsp3) is 0.421. The molecular formula is C19H23N7O3. The fourth-order valence-corrected chi connectivity index (χ4v) is 3.24. The summed E-state index contributed by atoms with van der Waals surface area (Å²) in [6.45, 7) is 3.44. The summed E-state index contributed by atoms with van der Waals surface area (Å²) in [6.07, 6.45) is 7.46. The van der Waals surface area contributed by atoms with E-state index in [0.29, 0.717) is 43.5 Å². The summed E-state index contributed by atoms with van der Waals surface area (Å²) in [5.74, 6) is 1.54. The van der Waals surface area contributed by atoms with Crippen LogP contribution in [-0.2, 0) is 6.54 Å². The number of carbonyl (C=O) groups is 1. The number of likely N-dealkylation sites (tertiary alicyclic amines) is 1. The quantitative estimate of drug-likeness (QED) is 0.615. The second-order valence-corrected chi connectivity index (χ2v) is 7.25. The largest absolute Gasteiger partial charge is 0.470 e. The van der Waals surface area contributed by atoms with Crippen molar-refractivity contribution in [3.8, 4) is 5.88 Å². The lowest BCUT2D eigenvalue weighted by molar-refractivity contribution is 0.0761. The number of carbonyl (C=O) groups excluding carboxylic acids is 1. The minimum absolute atomic E-state index is 0.146. The first-order valence-electron chi connectivity index (χ1n) is 9.38. The summed E-state index contributed by atoms with van der Waals surface area (Å²) >= 11 is 0. The van der Waals surface area contributed by atoms with Crippen LogP contribution in [0.2, 0.25) is 0 Å². The summed E-state index contributed by atoms with van der Waals surface area (Å²) < 4.78 is 13.1. The summed E-state index contributed by atoms with van der Waals surface area (Å²) in [5.41, 5.74) is 1.35. The van der Waals surface area contributed by atoms with Crippen LogP contribution >= 0.6 is 0 Å². The van der Waals surface area contributed by atoms with Crippen molar-refractivity contribution in [3.05, 3.63) is 47.9 Å². The number of amides is 1. The zero-order valence-corrected chi connectivity index (χ0v) is 16.6. The first-order valence-corrected chi connectivity index (χ1v) is 9.38. The van der Waals surface area contributed by atoms with Gasteiger partial charge in [0.05, 0.1) is 12.7 Å². The second kappa shape index (κ2) is 7.90. The molecule has 4 heterocycles. The monoisotopic (exact) mass is 397 g/mol. The molecule has 1 unspecified atom stereocenters. The first kappa shape index (κ1) is 18.9. The van der Waals surface area contributed by atoms with E-state index in [9.17, 15) is 4.79 Å². The Kier molecular flexibility index (Phi) is 5.15. The zero-order chi connectivity index (χ0) is 20.4. The Morgan fingerprint density at radius 2 is 2.17 bits per heavy atom. The van der Waals surface area contributed by atoms with Gasteiger partial charge < -0.3 is 19.1 Å². The Morgan fingerprint density at radius 3 is 2.93 bits per heavy atom. The van der Waals surface area contributed by atoms with Gasteiger partial charge in [0.25, 0.3) is 11.8 Å². The van der Waals surface area contributed by atoms with Crippen molar-refractivity contribution in [2.75, 3.05) is 32.1 Å². The van der Waals surface area contributed by atoms with Crippen molar-refractivity contribution in [1.82, 2.24) is 29.8 Å². The third kappa shape index (κ3) is 4.20. The highest BCUT2D eigenvalue weighted by Gasteiger charge is 2.31. The van der Waals surface area contributed by atoms with E-state index in [0.717, 1.165) is 5.56 Å². The Balaban J connectivity index is 1.37. The predicted molar refractivity (Wildman–Crippen MR) is 104 cm³/mol. The van der Waals surface area contributed by atoms with Gasteiger partial charge in [-0.25, -0.2) is 9.97 Å². The lowest BCUT2D eigenvalue weighted by Crippen LogP contribution is -2.31. The summed E-state index contributed by atoms with van der Waals surface area (Å²) in [5, 5.41) is 8.15. The van der Waals surface area contributed by atoms with Gasteiger partial charge in [-0.3, -0.25) is 9.48 Å². The molecule has 1 amide bonds. The van der Waals surface area contributed by atoms with Crippen molar-refractivity contribution in [3.63, 3.8) is 0 Å². The van der Waals surface area contributed by atoms with Crippen molar-refractivity contribution in [2.45, 2.75) is 26.0 Å². The maximum atomic E-state index is 12.8. The molecule has 0 N–H and O–H groups in total. The van der Waals surface area contributed by atoms with Crippen LogP contribution in [0.3, 0.4) is 0 Å². The van der Waals surface area contributed by atoms with Gasteiger partial charge in [-0.05, 0) is 12.5 Å². The minimum Gasteiger partial charge on any atom is -0.470 e. The molecule has 3 aromatic heterocycles. The van der Waals surface area contributed by atoms with E-state index in [-0.39, 0.29) is 17.7 Å². The molecule has 1 saturated heterocycles. The number of ether oxygens (including phenoxy) is 1. The van der Waals surface area contributed by atoms with Crippen molar-refractivity contribution in [1.29, 1.82) is 0 Å². The highest BCUT2D eigenvalue weighted by Crippen LogP contribution is 2.24. The lowest BCUT2D eigenvalue weighted by atomic mass is 10.3. The number of hydrogen-bond acceptors (Lipinski definition) is 8. The number of aromatic nitrogens is 5. The van der Waals surface area contributed by atoms with E-state index in [2.05, 4.69) is 20.2 Å². The summed E-state index contributed by atoms with van der Waals surface area (Å²) in [4.78, 5) is 24.9. The van der Waals surface area contributed by atoms with Crippen molar-refractivity contribution >= 4 is 11.7 Å². The number of aryl methyl sites for hydroxylation is 1. The molecule has 1 fully saturated rings. The molecule has 10 heteroatoms. The highest BCUT2D eigenvalue weighted by molar-refractivity contribution is 5.92. The Bertz CT molecular complexity index is 997. The lowest BCUT2D eigenvalue weighted by Gasteiger charge is -2.19. The van der Waals surface area contributed by atoms with Gasteiger partial charge in [0.1, 0.15) is 12.6 Å². The maximum Gasteiger partial charge on any atom is 0.276 e. The summed E-state index contributed by atoms with van der Waals surface area (Å²) in [7, 11) is 3.77. The van der Waals surface area contributed by atoms with Crippen LogP contribution in [0.4, 0.5) is 5.82 Å². The van der Waals surface area contributed by atoms with E-state index in [1.807, 2.05) is 32.1 Å². The topological polar surface area (TPSA) is 102 Å². The van der Waals surface area contributed by atoms with Gasteiger partial charge in [0.15, 0.2) is 17.3 Å². The van der Waals surface area contributed by atoms with Crippen molar-refractivity contribution < 1.29 is 14.1 Å². The fourth-order valence-electron chi connectivity index (χ4n) is 3.24. The predicted octanol–water partition coefficient (Wildman–Crippen LogP) is 1.38. The number of nitrogens with zero attached hydrogens (tertiary/aromatic N) is 7. The van der Waals surface area contributed by atoms with E-state index < -0.39 is 0 Å². The van der Waals surface area contributed by atoms with E-state index in [1.54, 1.807) is 34.2 Å². The molecule has 3 aromatic rings. The molecule has 0 spiro atoms. The van der Waals surface area contributed by atoms with Crippen LogP contribution in [0.25, 0.3) is 0 Å². The first-order chi connectivity index (χ1) is 14.0. The molecule has 0 radical (unpaired) electrons. The van der Waals surface area contributed by atoms with E-state index in [1.165, 1.54) is 0 Å². The van der Waals surface area contributed by atoms with Crippen LogP contribution in [-0.4, -0.2) is 69.0 Å². The van der Waals surface area contributed by atoms with Crippen LogP contribution in [0.5, 0.6) is 5.88 Å². The SMILES string of the molecule is Cc1cnn(Cc2cc(C(=O)N3CCC(Oc4nccnc4N(C)C)C3)no2)c1. The molecular weight excluding hydrogens is 374 g/mol. The van der Waals surface area contributed by atoms with Gasteiger partial charge in [-0.2, -0.15) is 5.10 Å². The van der Waals surface area contributed by atoms with E-state index in [4.69, 9.17) is 9.26 Å². The highest BCUT2D eigenvalue weighted by atomic mass is 16.5. The van der Waals surface area contributed by atoms with Crippen LogP contribution in [0, 0.1) is 6.92 Å². The molecule has 1 atom stereocenters. The Morgan fingerprint density at radius 1 is 1.34 bits per heavy atom.